The van der Waals surface area contributed by atoms with E-state index in [4.69, 9.17) is 0 Å². The lowest BCUT2D eigenvalue weighted by Gasteiger charge is -2.00. The summed E-state index contributed by atoms with van der Waals surface area (Å²) in [5, 5.41) is 26.9. The minimum atomic E-state index is -0.657. The summed E-state index contributed by atoms with van der Waals surface area (Å²) >= 11 is 0. The average molecular weight is 337 g/mol. The van der Waals surface area contributed by atoms with Crippen LogP contribution in [0.1, 0.15) is 32.1 Å². The molecule has 0 aliphatic rings. The van der Waals surface area contributed by atoms with Gasteiger partial charge in [-0.1, -0.05) is 30.3 Å². The first kappa shape index (κ1) is 16.1. The third-order valence-corrected chi connectivity index (χ3v) is 3.56. The Hall–Kier alpha value is -3.81. The second kappa shape index (κ2) is 6.36. The largest absolute Gasteiger partial charge is 0.504 e. The number of H-pyrrole nitrogens is 1. The van der Waals surface area contributed by atoms with Gasteiger partial charge in [0.25, 0.3) is 5.69 Å². The van der Waals surface area contributed by atoms with E-state index in [2.05, 4.69) is 10.2 Å². The van der Waals surface area contributed by atoms with Crippen LogP contribution < -0.4 is 0 Å². The molecule has 0 fully saturated rings. The Bertz CT molecular complexity index is 962. The number of hydrogen-bond donors (Lipinski definition) is 2. The van der Waals surface area contributed by atoms with Gasteiger partial charge in [0, 0.05) is 23.3 Å². The second-order valence-electron chi connectivity index (χ2n) is 5.12. The van der Waals surface area contributed by atoms with Crippen molar-refractivity contribution < 1.29 is 19.6 Å². The number of carbonyl (C=O) groups excluding carboxylic acids is 2. The third-order valence-electron chi connectivity index (χ3n) is 3.56. The lowest BCUT2D eigenvalue weighted by Crippen LogP contribution is -2.03. The first-order chi connectivity index (χ1) is 12.0. The van der Waals surface area contributed by atoms with Gasteiger partial charge < -0.3 is 5.11 Å². The monoisotopic (exact) mass is 337 g/mol. The van der Waals surface area contributed by atoms with Crippen LogP contribution in [-0.4, -0.2) is 31.8 Å². The number of aromatic nitrogens is 2. The van der Waals surface area contributed by atoms with Crippen LogP contribution in [0.25, 0.3) is 0 Å². The normalized spacial score (nSPS) is 10.4. The average Bonchev–Trinajstić information content (AvgIpc) is 3.02. The maximum Gasteiger partial charge on any atom is 0.269 e. The zero-order valence-electron chi connectivity index (χ0n) is 12.7. The molecule has 0 saturated heterocycles. The number of nitrogens with one attached hydrogen (secondary N) is 1. The topological polar surface area (TPSA) is 126 Å². The third kappa shape index (κ3) is 3.00. The van der Waals surface area contributed by atoms with E-state index >= 15 is 0 Å². The number of nitro groups is 1. The highest BCUT2D eigenvalue weighted by Gasteiger charge is 2.25. The number of rotatable bonds is 5. The van der Waals surface area contributed by atoms with Crippen LogP contribution in [0.5, 0.6) is 5.75 Å². The van der Waals surface area contributed by atoms with Crippen LogP contribution in [0.4, 0.5) is 5.69 Å². The summed E-state index contributed by atoms with van der Waals surface area (Å²) in [4.78, 5) is 34.8. The van der Waals surface area contributed by atoms with Crippen molar-refractivity contribution in [2.75, 3.05) is 0 Å². The van der Waals surface area contributed by atoms with Crippen molar-refractivity contribution in [2.45, 2.75) is 0 Å². The predicted molar refractivity (Wildman–Crippen MR) is 86.7 cm³/mol. The molecule has 0 radical (unpaired) electrons. The Morgan fingerprint density at radius 3 is 2.16 bits per heavy atom. The molecule has 0 atom stereocenters. The number of nitrogens with zero attached hydrogens (tertiary/aromatic N) is 2. The Morgan fingerprint density at radius 1 is 0.960 bits per heavy atom. The number of aromatic amines is 1. The zero-order chi connectivity index (χ0) is 18.0. The van der Waals surface area contributed by atoms with Gasteiger partial charge in [-0.25, -0.2) is 0 Å². The molecule has 124 valence electrons. The molecular weight excluding hydrogens is 326 g/mol. The van der Waals surface area contributed by atoms with Crippen LogP contribution >= 0.6 is 0 Å². The van der Waals surface area contributed by atoms with E-state index in [0.29, 0.717) is 5.56 Å². The maximum atomic E-state index is 12.4. The predicted octanol–water partition coefficient (Wildman–Crippen LogP) is 2.49. The molecule has 2 aromatic carbocycles. The highest BCUT2D eigenvalue weighted by atomic mass is 16.6. The molecule has 8 nitrogen and oxygen atoms in total. The second-order valence-corrected chi connectivity index (χ2v) is 5.12. The number of hydrogen-bond acceptors (Lipinski definition) is 6. The summed E-state index contributed by atoms with van der Waals surface area (Å²) in [6, 6.07) is 13.1. The first-order valence-electron chi connectivity index (χ1n) is 7.15. The van der Waals surface area contributed by atoms with E-state index in [-0.39, 0.29) is 22.6 Å². The van der Waals surface area contributed by atoms with Gasteiger partial charge in [-0.2, -0.15) is 5.10 Å². The summed E-state index contributed by atoms with van der Waals surface area (Å²) in [5.41, 5.74) is -0.255. The first-order valence-corrected chi connectivity index (χ1v) is 7.15. The standard InChI is InChI=1S/C17H11N3O5/c21-15(10-4-2-1-3-5-10)13-17(23)14(19-18-13)16(22)11-6-8-12(9-7-11)20(24)25/h1-9,23H,(H,18,19). The van der Waals surface area contributed by atoms with E-state index in [0.717, 1.165) is 0 Å². The summed E-state index contributed by atoms with van der Waals surface area (Å²) in [6.45, 7) is 0. The van der Waals surface area contributed by atoms with Crippen molar-refractivity contribution in [3.8, 4) is 5.75 Å². The summed E-state index contributed by atoms with van der Waals surface area (Å²) in [6.07, 6.45) is 0. The lowest BCUT2D eigenvalue weighted by molar-refractivity contribution is -0.384. The molecule has 0 unspecified atom stereocenters. The van der Waals surface area contributed by atoms with Gasteiger partial charge >= 0.3 is 0 Å². The van der Waals surface area contributed by atoms with Crippen molar-refractivity contribution in [3.05, 3.63) is 87.2 Å². The number of aromatic hydroxyl groups is 1. The number of benzene rings is 2. The highest BCUT2D eigenvalue weighted by molar-refractivity contribution is 6.14. The minimum Gasteiger partial charge on any atom is -0.504 e. The summed E-state index contributed by atoms with van der Waals surface area (Å²) < 4.78 is 0. The summed E-state index contributed by atoms with van der Waals surface area (Å²) in [5.74, 6) is -1.72. The number of carbonyl (C=O) groups is 2. The maximum absolute atomic E-state index is 12.4. The fourth-order valence-electron chi connectivity index (χ4n) is 2.26. The molecule has 3 rings (SSSR count). The Kier molecular flexibility index (Phi) is 4.09. The van der Waals surface area contributed by atoms with Gasteiger partial charge in [0.2, 0.25) is 11.6 Å². The molecule has 8 heteroatoms. The molecule has 2 N–H and O–H groups in total. The van der Waals surface area contributed by atoms with Gasteiger partial charge in [0.15, 0.2) is 11.4 Å². The van der Waals surface area contributed by atoms with Crippen molar-refractivity contribution in [3.63, 3.8) is 0 Å². The summed E-state index contributed by atoms with van der Waals surface area (Å²) in [7, 11) is 0. The minimum absolute atomic E-state index is 0.103. The Balaban J connectivity index is 1.91. The van der Waals surface area contributed by atoms with Crippen molar-refractivity contribution in [1.29, 1.82) is 0 Å². The van der Waals surface area contributed by atoms with Gasteiger partial charge in [0.05, 0.1) is 4.92 Å². The van der Waals surface area contributed by atoms with E-state index in [1.807, 2.05) is 0 Å². The van der Waals surface area contributed by atoms with Gasteiger partial charge in [-0.3, -0.25) is 24.8 Å². The lowest BCUT2D eigenvalue weighted by atomic mass is 10.0. The molecule has 0 bridgehead atoms. The van der Waals surface area contributed by atoms with Crippen molar-refractivity contribution in [2.24, 2.45) is 0 Å². The number of nitro benzene ring substituents is 1. The molecule has 3 aromatic rings. The molecule has 25 heavy (non-hydrogen) atoms. The van der Waals surface area contributed by atoms with E-state index in [1.54, 1.807) is 30.3 Å². The highest BCUT2D eigenvalue weighted by Crippen LogP contribution is 2.25. The molecule has 1 heterocycles. The van der Waals surface area contributed by atoms with Gasteiger partial charge in [-0.05, 0) is 12.1 Å². The van der Waals surface area contributed by atoms with Crippen molar-refractivity contribution in [1.82, 2.24) is 10.2 Å². The fraction of sp³-hybridized carbons (Fsp3) is 0. The molecule has 0 amide bonds. The van der Waals surface area contributed by atoms with E-state index in [1.165, 1.54) is 24.3 Å². The van der Waals surface area contributed by atoms with Crippen LogP contribution in [0.15, 0.2) is 54.6 Å². The van der Waals surface area contributed by atoms with Crippen LogP contribution in [0.2, 0.25) is 0 Å². The number of ketones is 2. The molecule has 0 spiro atoms. The number of non-ortho nitro benzene ring substituents is 1. The molecule has 0 aliphatic carbocycles. The molecule has 0 aliphatic heterocycles. The molecule has 0 saturated carbocycles. The smallest absolute Gasteiger partial charge is 0.269 e. The Labute approximate surface area is 140 Å². The van der Waals surface area contributed by atoms with Crippen LogP contribution in [-0.2, 0) is 0 Å². The van der Waals surface area contributed by atoms with Gasteiger partial charge in [-0.15, -0.1) is 0 Å². The van der Waals surface area contributed by atoms with Crippen molar-refractivity contribution >= 4 is 17.3 Å². The zero-order valence-corrected chi connectivity index (χ0v) is 12.7. The fourth-order valence-corrected chi connectivity index (χ4v) is 2.26. The molecular formula is C17H11N3O5. The quantitative estimate of drug-likeness (QED) is 0.418. The van der Waals surface area contributed by atoms with E-state index in [9.17, 15) is 24.8 Å². The van der Waals surface area contributed by atoms with Crippen LogP contribution in [0, 0.1) is 10.1 Å². The molecule has 1 aromatic heterocycles. The van der Waals surface area contributed by atoms with Gasteiger partial charge in [0.1, 0.15) is 5.69 Å². The van der Waals surface area contributed by atoms with Crippen LogP contribution in [0.3, 0.4) is 0 Å². The Morgan fingerprint density at radius 2 is 1.56 bits per heavy atom. The van der Waals surface area contributed by atoms with E-state index < -0.39 is 22.2 Å². The SMILES string of the molecule is O=C(c1ccc([N+](=O)[O-])cc1)c1n[nH]c(C(=O)c2ccccc2)c1O.